The number of thioether (sulfide) groups is 1. The molecule has 1 saturated heterocycles. The lowest BCUT2D eigenvalue weighted by Gasteiger charge is -2.27. The second kappa shape index (κ2) is 9.78. The fourth-order valence-corrected chi connectivity index (χ4v) is 3.19. The van der Waals surface area contributed by atoms with Crippen LogP contribution < -0.4 is 10.5 Å². The largest absolute Gasteiger partial charge is 0.488 e. The molecule has 4 nitrogen and oxygen atoms in total. The number of nitrogens with zero attached hydrogens (tertiary/aromatic N) is 2. The summed E-state index contributed by atoms with van der Waals surface area (Å²) in [7, 11) is 0. The zero-order valence-corrected chi connectivity index (χ0v) is 16.7. The highest BCUT2D eigenvalue weighted by molar-refractivity contribution is 14.0. The van der Waals surface area contributed by atoms with Gasteiger partial charge in [-0.2, -0.15) is 11.8 Å². The number of guanidine groups is 1. The zero-order valence-electron chi connectivity index (χ0n) is 12.0. The summed E-state index contributed by atoms with van der Waals surface area (Å²) in [5.74, 6) is 3.72. The van der Waals surface area contributed by atoms with Crippen molar-refractivity contribution in [2.75, 3.05) is 31.1 Å². The molecule has 1 heterocycles. The van der Waals surface area contributed by atoms with Crippen molar-refractivity contribution in [3.63, 3.8) is 0 Å². The molecule has 21 heavy (non-hydrogen) atoms. The fraction of sp³-hybridized carbons (Fsp3) is 0.500. The van der Waals surface area contributed by atoms with E-state index < -0.39 is 0 Å². The minimum absolute atomic E-state index is 0. The molecule has 1 atom stereocenters. The van der Waals surface area contributed by atoms with Crippen molar-refractivity contribution >= 4 is 57.6 Å². The van der Waals surface area contributed by atoms with Gasteiger partial charge in [0.05, 0.1) is 11.0 Å². The van der Waals surface area contributed by atoms with Gasteiger partial charge in [0.15, 0.2) is 5.96 Å². The van der Waals surface area contributed by atoms with E-state index in [-0.39, 0.29) is 30.1 Å². The average Bonchev–Trinajstić information content (AvgIpc) is 2.48. The molecule has 0 saturated carbocycles. The molecule has 1 aromatic carbocycles. The Balaban J connectivity index is 0.00000220. The normalized spacial score (nSPS) is 17.0. The third-order valence-electron chi connectivity index (χ3n) is 3.01. The summed E-state index contributed by atoms with van der Waals surface area (Å²) in [6.45, 7) is 4.54. The zero-order chi connectivity index (χ0) is 14.4. The lowest BCUT2D eigenvalue weighted by Crippen LogP contribution is -2.43. The molecule has 0 aromatic heterocycles. The Labute approximate surface area is 156 Å². The molecule has 0 spiro atoms. The summed E-state index contributed by atoms with van der Waals surface area (Å²) in [6, 6.07) is 7.82. The van der Waals surface area contributed by atoms with Crippen molar-refractivity contribution in [1.29, 1.82) is 0 Å². The van der Waals surface area contributed by atoms with Crippen LogP contribution in [0.2, 0.25) is 0 Å². The molecule has 118 valence electrons. The number of benzene rings is 1. The molecule has 2 N–H and O–H groups in total. The van der Waals surface area contributed by atoms with Crippen molar-refractivity contribution in [1.82, 2.24) is 4.90 Å². The average molecular weight is 486 g/mol. The van der Waals surface area contributed by atoms with Gasteiger partial charge >= 0.3 is 0 Å². The van der Waals surface area contributed by atoms with E-state index in [1.165, 1.54) is 0 Å². The second-order valence-corrected chi connectivity index (χ2v) is 6.74. The van der Waals surface area contributed by atoms with Gasteiger partial charge in [0.25, 0.3) is 0 Å². The van der Waals surface area contributed by atoms with Gasteiger partial charge in [-0.15, -0.1) is 24.0 Å². The van der Waals surface area contributed by atoms with E-state index in [1.807, 2.05) is 43.0 Å². The molecule has 2 rings (SSSR count). The molecular formula is C14H21BrIN3OS. The van der Waals surface area contributed by atoms with Crippen LogP contribution in [0.4, 0.5) is 0 Å². The summed E-state index contributed by atoms with van der Waals surface area (Å²) < 4.78 is 6.81. The maximum Gasteiger partial charge on any atom is 0.191 e. The number of halogens is 2. The van der Waals surface area contributed by atoms with Crippen LogP contribution in [0.15, 0.2) is 33.7 Å². The molecule has 1 aromatic rings. The quantitative estimate of drug-likeness (QED) is 0.404. The number of hydrogen-bond acceptors (Lipinski definition) is 3. The summed E-state index contributed by atoms with van der Waals surface area (Å²) in [6.07, 6.45) is -0.00795. The summed E-state index contributed by atoms with van der Waals surface area (Å²) in [5, 5.41) is 0. The number of hydrogen-bond donors (Lipinski definition) is 1. The van der Waals surface area contributed by atoms with Crippen LogP contribution in [0.5, 0.6) is 5.75 Å². The van der Waals surface area contributed by atoms with Crippen LogP contribution in [0.1, 0.15) is 6.92 Å². The molecule has 1 aliphatic heterocycles. The smallest absolute Gasteiger partial charge is 0.191 e. The van der Waals surface area contributed by atoms with Crippen LogP contribution in [0.3, 0.4) is 0 Å². The van der Waals surface area contributed by atoms with Gasteiger partial charge in [0, 0.05) is 24.6 Å². The number of para-hydroxylation sites is 1. The van der Waals surface area contributed by atoms with Crippen molar-refractivity contribution in [3.05, 3.63) is 28.7 Å². The van der Waals surface area contributed by atoms with E-state index in [4.69, 9.17) is 10.5 Å². The van der Waals surface area contributed by atoms with E-state index in [1.54, 1.807) is 0 Å². The summed E-state index contributed by atoms with van der Waals surface area (Å²) in [5.41, 5.74) is 6.02. The first-order chi connectivity index (χ1) is 9.66. The molecule has 1 aliphatic rings. The van der Waals surface area contributed by atoms with E-state index in [9.17, 15) is 0 Å². The van der Waals surface area contributed by atoms with Crippen LogP contribution in [-0.2, 0) is 0 Å². The van der Waals surface area contributed by atoms with Crippen LogP contribution in [0, 0.1) is 0 Å². The SMILES string of the molecule is CC(CN=C(N)N1CCSCC1)Oc1ccccc1Br.I. The van der Waals surface area contributed by atoms with Gasteiger partial charge in [-0.1, -0.05) is 12.1 Å². The lowest BCUT2D eigenvalue weighted by atomic mass is 10.3. The van der Waals surface area contributed by atoms with Gasteiger partial charge in [-0.05, 0) is 35.0 Å². The molecular weight excluding hydrogens is 465 g/mol. The predicted octanol–water partition coefficient (Wildman–Crippen LogP) is 3.20. The number of rotatable bonds is 4. The molecule has 0 aliphatic carbocycles. The van der Waals surface area contributed by atoms with E-state index in [2.05, 4.69) is 25.8 Å². The van der Waals surface area contributed by atoms with Crippen LogP contribution in [-0.4, -0.2) is 48.1 Å². The highest BCUT2D eigenvalue weighted by Crippen LogP contribution is 2.24. The minimum atomic E-state index is -0.00795. The Kier molecular flexibility index (Phi) is 8.80. The summed E-state index contributed by atoms with van der Waals surface area (Å²) in [4.78, 5) is 6.58. The topological polar surface area (TPSA) is 50.8 Å². The minimum Gasteiger partial charge on any atom is -0.488 e. The standard InChI is InChI=1S/C14H20BrN3OS.HI/c1-11(19-13-5-3-2-4-12(13)15)10-17-14(16)18-6-8-20-9-7-18;/h2-5,11H,6-10H2,1H3,(H2,16,17);1H. The highest BCUT2D eigenvalue weighted by Gasteiger charge is 2.13. The lowest BCUT2D eigenvalue weighted by molar-refractivity contribution is 0.228. The molecule has 0 amide bonds. The molecule has 7 heteroatoms. The molecule has 1 unspecified atom stereocenters. The maximum absolute atomic E-state index is 6.02. The second-order valence-electron chi connectivity index (χ2n) is 4.66. The Hall–Kier alpha value is -0.150. The van der Waals surface area contributed by atoms with Gasteiger partial charge < -0.3 is 15.4 Å². The van der Waals surface area contributed by atoms with Gasteiger partial charge in [-0.25, -0.2) is 4.99 Å². The molecule has 0 radical (unpaired) electrons. The third-order valence-corrected chi connectivity index (χ3v) is 4.61. The van der Waals surface area contributed by atoms with Crippen molar-refractivity contribution in [2.24, 2.45) is 10.7 Å². The molecule has 0 bridgehead atoms. The number of aliphatic imine (C=N–C) groups is 1. The first-order valence-corrected chi connectivity index (χ1v) is 8.65. The monoisotopic (exact) mass is 485 g/mol. The van der Waals surface area contributed by atoms with Crippen LogP contribution in [0.25, 0.3) is 0 Å². The fourth-order valence-electron chi connectivity index (χ4n) is 1.91. The van der Waals surface area contributed by atoms with E-state index >= 15 is 0 Å². The van der Waals surface area contributed by atoms with E-state index in [0.717, 1.165) is 34.8 Å². The van der Waals surface area contributed by atoms with Gasteiger partial charge in [0.1, 0.15) is 11.9 Å². The first kappa shape index (κ1) is 18.9. The Bertz CT molecular complexity index is 469. The van der Waals surface area contributed by atoms with Crippen molar-refractivity contribution in [2.45, 2.75) is 13.0 Å². The van der Waals surface area contributed by atoms with Crippen molar-refractivity contribution < 1.29 is 4.74 Å². The summed E-state index contributed by atoms with van der Waals surface area (Å²) >= 11 is 5.43. The van der Waals surface area contributed by atoms with Crippen LogP contribution >= 0.6 is 51.7 Å². The van der Waals surface area contributed by atoms with E-state index in [0.29, 0.717) is 12.5 Å². The Morgan fingerprint density at radius 1 is 1.43 bits per heavy atom. The predicted molar refractivity (Wildman–Crippen MR) is 105 cm³/mol. The number of nitrogens with two attached hydrogens (primary N) is 1. The van der Waals surface area contributed by atoms with Crippen molar-refractivity contribution in [3.8, 4) is 5.75 Å². The first-order valence-electron chi connectivity index (χ1n) is 6.70. The Morgan fingerprint density at radius 2 is 2.10 bits per heavy atom. The van der Waals surface area contributed by atoms with Gasteiger partial charge in [-0.3, -0.25) is 0 Å². The highest BCUT2D eigenvalue weighted by atomic mass is 127. The van der Waals surface area contributed by atoms with Gasteiger partial charge in [0.2, 0.25) is 0 Å². The Morgan fingerprint density at radius 3 is 2.76 bits per heavy atom. The maximum atomic E-state index is 6.02. The molecule has 1 fully saturated rings. The number of ether oxygens (including phenoxy) is 1. The third kappa shape index (κ3) is 6.23.